The molecule has 1 aromatic rings. The second-order valence-corrected chi connectivity index (χ2v) is 6.35. The second kappa shape index (κ2) is 5.77. The molecule has 2 atom stereocenters. The Labute approximate surface area is 125 Å². The summed E-state index contributed by atoms with van der Waals surface area (Å²) >= 11 is 0. The maximum atomic E-state index is 12.7. The average Bonchev–Trinajstić information content (AvgIpc) is 2.83. The van der Waals surface area contributed by atoms with Crippen molar-refractivity contribution in [2.24, 2.45) is 13.0 Å². The van der Waals surface area contributed by atoms with Crippen LogP contribution in [0.3, 0.4) is 0 Å². The van der Waals surface area contributed by atoms with Crippen molar-refractivity contribution >= 4 is 5.91 Å². The van der Waals surface area contributed by atoms with Crippen molar-refractivity contribution in [3.05, 3.63) is 18.0 Å². The van der Waals surface area contributed by atoms with Gasteiger partial charge in [0.1, 0.15) is 0 Å². The molecule has 3 rings (SSSR count). The molecule has 2 aliphatic heterocycles. The van der Waals surface area contributed by atoms with Gasteiger partial charge in [0.15, 0.2) is 0 Å². The number of aromatic nitrogens is 2. The smallest absolute Gasteiger partial charge is 0.228 e. The first-order valence-corrected chi connectivity index (χ1v) is 7.61. The highest BCUT2D eigenvalue weighted by molar-refractivity contribution is 5.80. The molecule has 0 spiro atoms. The van der Waals surface area contributed by atoms with Crippen LogP contribution in [0, 0.1) is 5.92 Å². The zero-order valence-corrected chi connectivity index (χ0v) is 13.0. The van der Waals surface area contributed by atoms with Crippen molar-refractivity contribution in [3.63, 3.8) is 0 Å². The van der Waals surface area contributed by atoms with Gasteiger partial charge in [0, 0.05) is 44.5 Å². The molecule has 2 aliphatic rings. The van der Waals surface area contributed by atoms with E-state index in [0.717, 1.165) is 38.1 Å². The van der Waals surface area contributed by atoms with E-state index in [1.54, 1.807) is 4.68 Å². The largest absolute Gasteiger partial charge is 0.373 e. The molecular formula is C15H24N4O2. The van der Waals surface area contributed by atoms with Gasteiger partial charge in [0.2, 0.25) is 5.91 Å². The van der Waals surface area contributed by atoms with Crippen LogP contribution in [0.25, 0.3) is 0 Å². The molecule has 0 aliphatic carbocycles. The molecule has 3 heterocycles. The predicted molar refractivity (Wildman–Crippen MR) is 78.7 cm³/mol. The number of hydrogen-bond donors (Lipinski definition) is 0. The van der Waals surface area contributed by atoms with Gasteiger partial charge in [-0.2, -0.15) is 5.10 Å². The van der Waals surface area contributed by atoms with Crippen LogP contribution in [0.5, 0.6) is 0 Å². The lowest BCUT2D eigenvalue weighted by molar-refractivity contribution is -0.152. The van der Waals surface area contributed by atoms with Crippen LogP contribution in [0.2, 0.25) is 0 Å². The molecule has 0 radical (unpaired) electrons. The third-order valence-corrected chi connectivity index (χ3v) is 4.60. The van der Waals surface area contributed by atoms with Crippen LogP contribution in [-0.4, -0.2) is 65.3 Å². The van der Waals surface area contributed by atoms with E-state index in [4.69, 9.17) is 4.74 Å². The molecule has 0 saturated carbocycles. The molecule has 6 heteroatoms. The van der Waals surface area contributed by atoms with E-state index in [2.05, 4.69) is 24.1 Å². The summed E-state index contributed by atoms with van der Waals surface area (Å²) in [6, 6.07) is 0.496. The van der Waals surface area contributed by atoms with Crippen molar-refractivity contribution in [1.29, 1.82) is 0 Å². The van der Waals surface area contributed by atoms with E-state index >= 15 is 0 Å². The lowest BCUT2D eigenvalue weighted by atomic mass is 9.88. The molecule has 1 amide bonds. The Morgan fingerprint density at radius 3 is 2.81 bits per heavy atom. The van der Waals surface area contributed by atoms with Crippen LogP contribution in [0.1, 0.15) is 24.5 Å². The molecule has 0 aromatic carbocycles. The Kier molecular flexibility index (Phi) is 3.99. The molecule has 1 aromatic heterocycles. The maximum absolute atomic E-state index is 12.7. The third-order valence-electron chi connectivity index (χ3n) is 4.60. The summed E-state index contributed by atoms with van der Waals surface area (Å²) < 4.78 is 7.66. The number of nitrogens with zero attached hydrogens (tertiary/aromatic N) is 4. The van der Waals surface area contributed by atoms with Crippen molar-refractivity contribution in [1.82, 2.24) is 19.6 Å². The summed E-state index contributed by atoms with van der Waals surface area (Å²) in [4.78, 5) is 16.9. The third kappa shape index (κ3) is 2.82. The first-order valence-electron chi connectivity index (χ1n) is 7.61. The van der Waals surface area contributed by atoms with Gasteiger partial charge in [-0.25, -0.2) is 0 Å². The quantitative estimate of drug-likeness (QED) is 0.821. The van der Waals surface area contributed by atoms with E-state index < -0.39 is 0 Å². The number of hydrogen-bond acceptors (Lipinski definition) is 4. The molecule has 116 valence electrons. The highest BCUT2D eigenvalue weighted by Crippen LogP contribution is 2.35. The summed E-state index contributed by atoms with van der Waals surface area (Å²) in [5.74, 6) is 0.174. The average molecular weight is 292 g/mol. The van der Waals surface area contributed by atoms with E-state index in [-0.39, 0.29) is 17.9 Å². The Bertz CT molecular complexity index is 508. The number of carbonyl (C=O) groups excluding carboxylic acids is 1. The Morgan fingerprint density at radius 2 is 2.19 bits per heavy atom. The van der Waals surface area contributed by atoms with E-state index in [1.165, 1.54) is 0 Å². The number of rotatable bonds is 3. The number of likely N-dealkylation sites (N-methyl/N-ethyl adjacent to an activating group) is 1. The van der Waals surface area contributed by atoms with Gasteiger partial charge in [-0.3, -0.25) is 9.48 Å². The minimum absolute atomic E-state index is 0.0638. The lowest BCUT2D eigenvalue weighted by Crippen LogP contribution is -2.61. The molecule has 0 N–H and O–H groups in total. The molecule has 2 fully saturated rings. The number of carbonyl (C=O) groups is 1. The molecule has 0 unspecified atom stereocenters. The summed E-state index contributed by atoms with van der Waals surface area (Å²) in [7, 11) is 6.02. The summed E-state index contributed by atoms with van der Waals surface area (Å²) in [6.45, 7) is 2.40. The lowest BCUT2D eigenvalue weighted by Gasteiger charge is -2.45. The van der Waals surface area contributed by atoms with Crippen molar-refractivity contribution in [3.8, 4) is 0 Å². The Morgan fingerprint density at radius 1 is 1.43 bits per heavy atom. The fourth-order valence-electron chi connectivity index (χ4n) is 3.15. The van der Waals surface area contributed by atoms with Gasteiger partial charge in [-0.05, 0) is 26.9 Å². The fraction of sp³-hybridized carbons (Fsp3) is 0.733. The standard InChI is InChI=1S/C15H24N4O2/c1-17(2)12-9-19(10-12)15(20)13-5-4-6-21-14(13)11-7-16-18(3)8-11/h7-8,12-14H,4-6,9-10H2,1-3H3/t13-,14+/m1/s1. The van der Waals surface area contributed by atoms with Crippen LogP contribution in [-0.2, 0) is 16.6 Å². The van der Waals surface area contributed by atoms with Crippen molar-refractivity contribution in [2.75, 3.05) is 33.8 Å². The zero-order valence-electron chi connectivity index (χ0n) is 13.0. The van der Waals surface area contributed by atoms with Crippen LogP contribution in [0.15, 0.2) is 12.4 Å². The predicted octanol–water partition coefficient (Wildman–Crippen LogP) is 0.660. The van der Waals surface area contributed by atoms with Gasteiger partial charge in [0.05, 0.1) is 18.2 Å². The molecular weight excluding hydrogens is 268 g/mol. The van der Waals surface area contributed by atoms with E-state index in [9.17, 15) is 4.79 Å². The number of ether oxygens (including phenoxy) is 1. The van der Waals surface area contributed by atoms with Gasteiger partial charge in [0.25, 0.3) is 0 Å². The molecule has 6 nitrogen and oxygen atoms in total. The van der Waals surface area contributed by atoms with Gasteiger partial charge < -0.3 is 14.5 Å². The highest BCUT2D eigenvalue weighted by Gasteiger charge is 2.40. The zero-order chi connectivity index (χ0) is 15.0. The summed E-state index contributed by atoms with van der Waals surface area (Å²) in [6.07, 6.45) is 5.49. The van der Waals surface area contributed by atoms with Gasteiger partial charge >= 0.3 is 0 Å². The minimum atomic E-state index is -0.140. The van der Waals surface area contributed by atoms with Crippen molar-refractivity contribution in [2.45, 2.75) is 25.0 Å². The Hall–Kier alpha value is -1.40. The number of amides is 1. The van der Waals surface area contributed by atoms with Crippen LogP contribution < -0.4 is 0 Å². The van der Waals surface area contributed by atoms with Crippen LogP contribution >= 0.6 is 0 Å². The summed E-state index contributed by atoms with van der Waals surface area (Å²) in [5, 5.41) is 4.20. The summed E-state index contributed by atoms with van der Waals surface area (Å²) in [5.41, 5.74) is 1.01. The topological polar surface area (TPSA) is 50.6 Å². The maximum Gasteiger partial charge on any atom is 0.228 e. The van der Waals surface area contributed by atoms with Crippen LogP contribution in [0.4, 0.5) is 0 Å². The molecule has 2 saturated heterocycles. The SMILES string of the molecule is CN(C)C1CN(C(=O)[C@@H]2CCCO[C@H]2c2cnn(C)c2)C1. The first kappa shape index (κ1) is 14.5. The van der Waals surface area contributed by atoms with Gasteiger partial charge in [-0.1, -0.05) is 0 Å². The van der Waals surface area contributed by atoms with E-state index in [0.29, 0.717) is 6.04 Å². The molecule has 21 heavy (non-hydrogen) atoms. The Balaban J connectivity index is 1.68. The minimum Gasteiger partial charge on any atom is -0.373 e. The van der Waals surface area contributed by atoms with E-state index in [1.807, 2.05) is 24.3 Å². The fourth-order valence-corrected chi connectivity index (χ4v) is 3.15. The molecule has 0 bridgehead atoms. The normalized spacial score (nSPS) is 27.0. The second-order valence-electron chi connectivity index (χ2n) is 6.35. The van der Waals surface area contributed by atoms with Gasteiger partial charge in [-0.15, -0.1) is 0 Å². The first-order chi connectivity index (χ1) is 10.1. The number of aryl methyl sites for hydroxylation is 1. The van der Waals surface area contributed by atoms with Crippen molar-refractivity contribution < 1.29 is 9.53 Å². The highest BCUT2D eigenvalue weighted by atomic mass is 16.5. The monoisotopic (exact) mass is 292 g/mol. The number of likely N-dealkylation sites (tertiary alicyclic amines) is 1.